The van der Waals surface area contributed by atoms with Gasteiger partial charge in [0.2, 0.25) is 0 Å². The molecule has 256 valence electrons. The maximum atomic E-state index is 12.2. The molecule has 2 atom stereocenters. The van der Waals surface area contributed by atoms with Crippen molar-refractivity contribution in [3.8, 4) is 0 Å². The summed E-state index contributed by atoms with van der Waals surface area (Å²) in [6.45, 7) is 4.90. The SMILES string of the molecule is CC/C=C\C/C=C\C/C=C\C/C=C\CCCCCCCCCCCOCC(COP(=O)(O)OCC[N+](C)(C)C)OC(=O)CC. The first-order chi connectivity index (χ1) is 21.1. The molecule has 0 bridgehead atoms. The number of allylic oxidation sites excluding steroid dienone is 8. The summed E-state index contributed by atoms with van der Waals surface area (Å²) in [4.78, 5) is 21.7. The van der Waals surface area contributed by atoms with Gasteiger partial charge in [0.1, 0.15) is 19.3 Å². The summed E-state index contributed by atoms with van der Waals surface area (Å²) in [5.74, 6) is -0.407. The minimum atomic E-state index is -4.23. The smallest absolute Gasteiger partial charge is 0.457 e. The second-order valence-electron chi connectivity index (χ2n) is 12.1. The molecule has 44 heavy (non-hydrogen) atoms. The van der Waals surface area contributed by atoms with E-state index in [9.17, 15) is 14.3 Å². The van der Waals surface area contributed by atoms with Crippen LogP contribution in [0.3, 0.4) is 0 Å². The lowest BCUT2D eigenvalue weighted by Gasteiger charge is -2.24. The van der Waals surface area contributed by atoms with Gasteiger partial charge in [-0.3, -0.25) is 13.8 Å². The number of esters is 1. The third-order valence-corrected chi connectivity index (χ3v) is 7.69. The zero-order valence-electron chi connectivity index (χ0n) is 28.6. The number of nitrogens with zero attached hydrogens (tertiary/aromatic N) is 1. The maximum absolute atomic E-state index is 12.2. The number of hydrogen-bond acceptors (Lipinski definition) is 6. The Hall–Kier alpha value is -1.54. The third-order valence-electron chi connectivity index (χ3n) is 6.71. The molecule has 0 aromatic heterocycles. The van der Waals surface area contributed by atoms with E-state index in [1.54, 1.807) is 6.92 Å². The fourth-order valence-corrected chi connectivity index (χ4v) is 4.79. The van der Waals surface area contributed by atoms with E-state index in [1.165, 1.54) is 51.4 Å². The summed E-state index contributed by atoms with van der Waals surface area (Å²) in [7, 11) is 1.65. The minimum absolute atomic E-state index is 0.0832. The summed E-state index contributed by atoms with van der Waals surface area (Å²) in [6, 6.07) is 0. The topological polar surface area (TPSA) is 91.3 Å². The highest BCUT2D eigenvalue weighted by atomic mass is 31.2. The fourth-order valence-electron chi connectivity index (χ4n) is 4.05. The molecule has 0 aromatic carbocycles. The van der Waals surface area contributed by atoms with Crippen LogP contribution in [0.2, 0.25) is 0 Å². The molecule has 0 aromatic rings. The summed E-state index contributed by atoms with van der Waals surface area (Å²) < 4.78 is 33.9. The van der Waals surface area contributed by atoms with Crippen molar-refractivity contribution >= 4 is 13.8 Å². The van der Waals surface area contributed by atoms with Crippen molar-refractivity contribution in [2.24, 2.45) is 0 Å². The summed E-state index contributed by atoms with van der Waals surface area (Å²) >= 11 is 0. The van der Waals surface area contributed by atoms with Gasteiger partial charge in [-0.15, -0.1) is 0 Å². The van der Waals surface area contributed by atoms with Crippen LogP contribution in [-0.4, -0.2) is 75.6 Å². The molecule has 1 N–H and O–H groups in total. The van der Waals surface area contributed by atoms with Gasteiger partial charge in [0.05, 0.1) is 34.4 Å². The van der Waals surface area contributed by atoms with Crippen molar-refractivity contribution in [1.82, 2.24) is 0 Å². The maximum Gasteiger partial charge on any atom is 0.472 e. The Balaban J connectivity index is 3.78. The summed E-state index contributed by atoms with van der Waals surface area (Å²) in [6.07, 6.45) is 33.6. The lowest BCUT2D eigenvalue weighted by molar-refractivity contribution is -0.870. The molecule has 0 rings (SSSR count). The lowest BCUT2D eigenvalue weighted by atomic mass is 10.1. The van der Waals surface area contributed by atoms with E-state index in [2.05, 4.69) is 55.5 Å². The van der Waals surface area contributed by atoms with E-state index in [0.717, 1.165) is 38.5 Å². The molecule has 0 fully saturated rings. The summed E-state index contributed by atoms with van der Waals surface area (Å²) in [5, 5.41) is 0. The highest BCUT2D eigenvalue weighted by molar-refractivity contribution is 7.47. The third kappa shape index (κ3) is 31.9. The first-order valence-electron chi connectivity index (χ1n) is 16.9. The number of unbranched alkanes of at least 4 members (excludes halogenated alkanes) is 9. The molecule has 0 saturated heterocycles. The molecular formula is C35H65NO7P+. The van der Waals surface area contributed by atoms with E-state index in [4.69, 9.17) is 18.5 Å². The van der Waals surface area contributed by atoms with E-state index >= 15 is 0 Å². The van der Waals surface area contributed by atoms with Crippen LogP contribution in [0.4, 0.5) is 0 Å². The second kappa shape index (κ2) is 28.9. The molecule has 0 spiro atoms. The van der Waals surface area contributed by atoms with Gasteiger partial charge in [-0.25, -0.2) is 4.57 Å². The van der Waals surface area contributed by atoms with Crippen molar-refractivity contribution in [3.05, 3.63) is 48.6 Å². The zero-order chi connectivity index (χ0) is 32.8. The molecule has 0 heterocycles. The molecule has 0 radical (unpaired) electrons. The van der Waals surface area contributed by atoms with Gasteiger partial charge in [-0.05, 0) is 44.9 Å². The highest BCUT2D eigenvalue weighted by Crippen LogP contribution is 2.43. The van der Waals surface area contributed by atoms with Crippen LogP contribution in [0.5, 0.6) is 0 Å². The average Bonchev–Trinajstić information content (AvgIpc) is 2.97. The molecule has 2 unspecified atom stereocenters. The van der Waals surface area contributed by atoms with Gasteiger partial charge in [0, 0.05) is 13.0 Å². The van der Waals surface area contributed by atoms with Crippen molar-refractivity contribution in [3.63, 3.8) is 0 Å². The Kier molecular flexibility index (Phi) is 27.9. The van der Waals surface area contributed by atoms with E-state index < -0.39 is 19.9 Å². The Morgan fingerprint density at radius 3 is 1.77 bits per heavy atom. The number of quaternary nitrogens is 1. The van der Waals surface area contributed by atoms with Crippen molar-refractivity contribution < 1.29 is 37.3 Å². The Bertz CT molecular complexity index is 849. The van der Waals surface area contributed by atoms with Gasteiger partial charge in [-0.2, -0.15) is 0 Å². The normalized spacial score (nSPS) is 14.8. The van der Waals surface area contributed by atoms with Crippen LogP contribution in [0.1, 0.15) is 110 Å². The molecule has 0 aliphatic heterocycles. The van der Waals surface area contributed by atoms with E-state index in [-0.39, 0.29) is 26.2 Å². The fraction of sp³-hybridized carbons (Fsp3) is 0.743. The molecule has 0 aliphatic rings. The Labute approximate surface area is 269 Å². The number of phosphoric acid groups is 1. The number of carbonyl (C=O) groups excluding carboxylic acids is 1. The first kappa shape index (κ1) is 42.5. The standard InChI is InChI=1S/C35H64NO7P/c1-6-8-9-10-11-12-13-14-15-16-17-18-19-20-21-22-23-24-25-26-27-28-30-40-32-34(43-35(37)7-2)33-42-44(38,39)41-31-29-36(3,4)5/h8-9,11-12,14-15,17-18,34H,6-7,10,13,16,19-33H2,1-5H3/p+1/b9-8-,12-11-,15-14-,18-17-. The molecule has 8 nitrogen and oxygen atoms in total. The molecule has 9 heteroatoms. The van der Waals surface area contributed by atoms with Crippen LogP contribution in [0, 0.1) is 0 Å². The van der Waals surface area contributed by atoms with Crippen molar-refractivity contribution in [2.45, 2.75) is 116 Å². The number of rotatable bonds is 30. The van der Waals surface area contributed by atoms with Gasteiger partial charge < -0.3 is 18.9 Å². The lowest BCUT2D eigenvalue weighted by Crippen LogP contribution is -2.37. The number of likely N-dealkylation sites (N-methyl/N-ethyl adjacent to an activating group) is 1. The number of phosphoric ester groups is 1. The predicted molar refractivity (Wildman–Crippen MR) is 182 cm³/mol. The molecular weight excluding hydrogens is 577 g/mol. The van der Waals surface area contributed by atoms with Crippen LogP contribution in [0.25, 0.3) is 0 Å². The van der Waals surface area contributed by atoms with Gasteiger partial charge >= 0.3 is 13.8 Å². The van der Waals surface area contributed by atoms with Crippen molar-refractivity contribution in [2.75, 3.05) is 54.1 Å². The second-order valence-corrected chi connectivity index (χ2v) is 13.6. The summed E-state index contributed by atoms with van der Waals surface area (Å²) in [5.41, 5.74) is 0. The number of ether oxygens (including phenoxy) is 2. The number of carbonyl (C=O) groups is 1. The Morgan fingerprint density at radius 2 is 1.23 bits per heavy atom. The molecule has 0 saturated carbocycles. The largest absolute Gasteiger partial charge is 0.472 e. The van der Waals surface area contributed by atoms with Crippen LogP contribution in [-0.2, 0) is 27.9 Å². The van der Waals surface area contributed by atoms with Gasteiger partial charge in [0.25, 0.3) is 0 Å². The predicted octanol–water partition coefficient (Wildman–Crippen LogP) is 8.87. The highest BCUT2D eigenvalue weighted by Gasteiger charge is 2.26. The number of hydrogen-bond donors (Lipinski definition) is 1. The van der Waals surface area contributed by atoms with Crippen LogP contribution >= 0.6 is 7.82 Å². The molecule has 0 amide bonds. The minimum Gasteiger partial charge on any atom is -0.457 e. The van der Waals surface area contributed by atoms with Gasteiger partial charge in [0.15, 0.2) is 0 Å². The van der Waals surface area contributed by atoms with Crippen LogP contribution < -0.4 is 0 Å². The van der Waals surface area contributed by atoms with Gasteiger partial charge in [-0.1, -0.05) is 107 Å². The van der Waals surface area contributed by atoms with Crippen molar-refractivity contribution in [1.29, 1.82) is 0 Å². The van der Waals surface area contributed by atoms with Crippen LogP contribution in [0.15, 0.2) is 48.6 Å². The molecule has 0 aliphatic carbocycles. The van der Waals surface area contributed by atoms with E-state index in [1.807, 2.05) is 21.1 Å². The monoisotopic (exact) mass is 642 g/mol. The zero-order valence-corrected chi connectivity index (χ0v) is 29.5. The van der Waals surface area contributed by atoms with E-state index in [0.29, 0.717) is 17.6 Å². The Morgan fingerprint density at radius 1 is 0.705 bits per heavy atom. The quantitative estimate of drug-likeness (QED) is 0.0275. The first-order valence-corrected chi connectivity index (χ1v) is 18.4. The average molecular weight is 643 g/mol.